The molecule has 0 radical (unpaired) electrons. The Bertz CT molecular complexity index is 631. The van der Waals surface area contributed by atoms with Gasteiger partial charge in [-0.05, 0) is 43.9 Å². The molecule has 1 atom stereocenters. The minimum Gasteiger partial charge on any atom is -0.354 e. The maximum absolute atomic E-state index is 12.3. The number of aliphatic imine (C=N–C) groups is 1. The Morgan fingerprint density at radius 2 is 1.97 bits per heavy atom. The van der Waals surface area contributed by atoms with Crippen molar-refractivity contribution in [3.05, 3.63) is 29.8 Å². The molecule has 1 aromatic rings. The lowest BCUT2D eigenvalue weighted by atomic mass is 10.1. The molecule has 2 rings (SSSR count). The Morgan fingerprint density at radius 1 is 1.21 bits per heavy atom. The number of unbranched alkanes of at least 4 members (excludes halogenated alkanes) is 3. The van der Waals surface area contributed by atoms with Crippen molar-refractivity contribution >= 4 is 41.7 Å². The van der Waals surface area contributed by atoms with E-state index in [4.69, 9.17) is 0 Å². The third kappa shape index (κ3) is 9.69. The minimum atomic E-state index is -0.00279. The van der Waals surface area contributed by atoms with Crippen LogP contribution in [0.5, 0.6) is 0 Å². The fraction of sp³-hybridized carbons (Fsp3) is 0.636. The van der Waals surface area contributed by atoms with Gasteiger partial charge in [-0.15, -0.1) is 24.0 Å². The molecule has 1 unspecified atom stereocenters. The second-order valence-corrected chi connectivity index (χ2v) is 7.65. The second-order valence-electron chi connectivity index (χ2n) is 7.65. The maximum Gasteiger partial charge on any atom is 0.321 e. The van der Waals surface area contributed by atoms with Crippen molar-refractivity contribution in [3.63, 3.8) is 0 Å². The summed E-state index contributed by atoms with van der Waals surface area (Å²) in [5.74, 6) is 0.814. The van der Waals surface area contributed by atoms with Gasteiger partial charge in [-0.25, -0.2) is 4.79 Å². The van der Waals surface area contributed by atoms with E-state index in [2.05, 4.69) is 40.9 Å². The SMILES string of the molecule is CCCCCCC(C)NC(=NC)NCc1cccc(NC(=O)N2CCCC2)c1.I. The number of urea groups is 1. The predicted molar refractivity (Wildman–Crippen MR) is 133 cm³/mol. The molecule has 1 heterocycles. The molecule has 6 nitrogen and oxygen atoms in total. The highest BCUT2D eigenvalue weighted by Crippen LogP contribution is 2.14. The Kier molecular flexibility index (Phi) is 12.7. The highest BCUT2D eigenvalue weighted by molar-refractivity contribution is 14.0. The summed E-state index contributed by atoms with van der Waals surface area (Å²) in [4.78, 5) is 18.5. The van der Waals surface area contributed by atoms with E-state index in [1.165, 1.54) is 25.7 Å². The molecule has 0 saturated carbocycles. The van der Waals surface area contributed by atoms with Gasteiger partial charge in [0.05, 0.1) is 0 Å². The van der Waals surface area contributed by atoms with Gasteiger partial charge in [-0.1, -0.05) is 44.7 Å². The normalized spacial score (nSPS) is 14.9. The molecule has 0 aliphatic carbocycles. The molecule has 0 aromatic heterocycles. The number of benzene rings is 1. The van der Waals surface area contributed by atoms with Crippen LogP contribution in [0.15, 0.2) is 29.3 Å². The molecule has 1 aliphatic rings. The number of hydrogen-bond acceptors (Lipinski definition) is 2. The van der Waals surface area contributed by atoms with Gasteiger partial charge in [0.2, 0.25) is 0 Å². The van der Waals surface area contributed by atoms with Crippen molar-refractivity contribution < 1.29 is 4.79 Å². The topological polar surface area (TPSA) is 68.8 Å². The highest BCUT2D eigenvalue weighted by atomic mass is 127. The Balaban J connectivity index is 0.00000420. The first-order valence-electron chi connectivity index (χ1n) is 10.7. The average molecular weight is 515 g/mol. The molecule has 0 bridgehead atoms. The van der Waals surface area contributed by atoms with E-state index in [-0.39, 0.29) is 30.0 Å². The lowest BCUT2D eigenvalue weighted by Crippen LogP contribution is -2.41. The smallest absolute Gasteiger partial charge is 0.321 e. The van der Waals surface area contributed by atoms with Gasteiger partial charge >= 0.3 is 6.03 Å². The third-order valence-corrected chi connectivity index (χ3v) is 5.13. The van der Waals surface area contributed by atoms with E-state index < -0.39 is 0 Å². The van der Waals surface area contributed by atoms with Crippen LogP contribution in [-0.2, 0) is 6.54 Å². The number of carbonyl (C=O) groups is 1. The lowest BCUT2D eigenvalue weighted by Gasteiger charge is -2.18. The first-order chi connectivity index (χ1) is 13.6. The second kappa shape index (κ2) is 14.5. The number of anilines is 1. The van der Waals surface area contributed by atoms with Gasteiger partial charge in [0.15, 0.2) is 5.96 Å². The number of guanidine groups is 1. The zero-order chi connectivity index (χ0) is 20.2. The number of likely N-dealkylation sites (tertiary alicyclic amines) is 1. The number of carbonyl (C=O) groups excluding carboxylic acids is 1. The molecule has 2 amide bonds. The van der Waals surface area contributed by atoms with Crippen LogP contribution in [0.25, 0.3) is 0 Å². The molecular weight excluding hydrogens is 477 g/mol. The largest absolute Gasteiger partial charge is 0.354 e. The number of rotatable bonds is 9. The molecule has 1 aromatic carbocycles. The highest BCUT2D eigenvalue weighted by Gasteiger charge is 2.17. The zero-order valence-electron chi connectivity index (χ0n) is 18.2. The molecule has 0 spiro atoms. The molecule has 1 saturated heterocycles. The van der Waals surface area contributed by atoms with Gasteiger partial charge in [0.25, 0.3) is 0 Å². The number of nitrogens with zero attached hydrogens (tertiary/aromatic N) is 2. The molecule has 164 valence electrons. The van der Waals surface area contributed by atoms with E-state index in [0.717, 1.165) is 49.6 Å². The molecule has 1 fully saturated rings. The lowest BCUT2D eigenvalue weighted by molar-refractivity contribution is 0.222. The van der Waals surface area contributed by atoms with Crippen LogP contribution in [0.3, 0.4) is 0 Å². The summed E-state index contributed by atoms with van der Waals surface area (Å²) in [5, 5.41) is 9.83. The fourth-order valence-electron chi connectivity index (χ4n) is 3.45. The van der Waals surface area contributed by atoms with Crippen molar-refractivity contribution in [2.45, 2.75) is 71.4 Å². The van der Waals surface area contributed by atoms with Crippen molar-refractivity contribution in [2.75, 3.05) is 25.5 Å². The predicted octanol–water partition coefficient (Wildman–Crippen LogP) is 4.96. The quantitative estimate of drug-likeness (QED) is 0.189. The average Bonchev–Trinajstić information content (AvgIpc) is 3.24. The maximum atomic E-state index is 12.3. The van der Waals surface area contributed by atoms with E-state index >= 15 is 0 Å². The van der Waals surface area contributed by atoms with Gasteiger partial charge in [-0.3, -0.25) is 4.99 Å². The van der Waals surface area contributed by atoms with Gasteiger partial charge in [-0.2, -0.15) is 0 Å². The van der Waals surface area contributed by atoms with Crippen LogP contribution in [0.2, 0.25) is 0 Å². The van der Waals surface area contributed by atoms with Crippen LogP contribution in [-0.4, -0.2) is 43.1 Å². The van der Waals surface area contributed by atoms with E-state index in [0.29, 0.717) is 12.6 Å². The van der Waals surface area contributed by atoms with E-state index in [1.807, 2.05) is 23.1 Å². The number of nitrogens with one attached hydrogen (secondary N) is 3. The molecule has 29 heavy (non-hydrogen) atoms. The number of hydrogen-bond donors (Lipinski definition) is 3. The van der Waals surface area contributed by atoms with Gasteiger partial charge in [0.1, 0.15) is 0 Å². The fourth-order valence-corrected chi connectivity index (χ4v) is 3.45. The van der Waals surface area contributed by atoms with E-state index in [9.17, 15) is 4.79 Å². The standard InChI is InChI=1S/C22H37N5O.HI/c1-4-5-6-7-11-18(2)25-21(23-3)24-17-19-12-10-13-20(16-19)26-22(28)27-14-8-9-15-27;/h10,12-13,16,18H,4-9,11,14-15,17H2,1-3H3,(H,26,28)(H2,23,24,25);1H. The van der Waals surface area contributed by atoms with Crippen LogP contribution in [0.1, 0.15) is 64.4 Å². The Hall–Kier alpha value is -1.51. The molecule has 3 N–H and O–H groups in total. The summed E-state index contributed by atoms with van der Waals surface area (Å²) in [6, 6.07) is 8.38. The summed E-state index contributed by atoms with van der Waals surface area (Å²) < 4.78 is 0. The van der Waals surface area contributed by atoms with Crippen molar-refractivity contribution in [1.82, 2.24) is 15.5 Å². The van der Waals surface area contributed by atoms with E-state index in [1.54, 1.807) is 7.05 Å². The van der Waals surface area contributed by atoms with Gasteiger partial charge in [0, 0.05) is 38.4 Å². The summed E-state index contributed by atoms with van der Waals surface area (Å²) in [5.41, 5.74) is 1.95. The third-order valence-electron chi connectivity index (χ3n) is 5.13. The van der Waals surface area contributed by atoms with Crippen LogP contribution in [0.4, 0.5) is 10.5 Å². The van der Waals surface area contributed by atoms with Crippen molar-refractivity contribution in [1.29, 1.82) is 0 Å². The Morgan fingerprint density at radius 3 is 2.66 bits per heavy atom. The zero-order valence-corrected chi connectivity index (χ0v) is 20.5. The Labute approximate surface area is 193 Å². The van der Waals surface area contributed by atoms with Crippen molar-refractivity contribution in [3.8, 4) is 0 Å². The van der Waals surface area contributed by atoms with Crippen LogP contribution < -0.4 is 16.0 Å². The summed E-state index contributed by atoms with van der Waals surface area (Å²) in [6.45, 7) is 6.81. The molecule has 7 heteroatoms. The number of halogens is 1. The summed E-state index contributed by atoms with van der Waals surface area (Å²) in [6.07, 6.45) is 8.47. The van der Waals surface area contributed by atoms with Gasteiger partial charge < -0.3 is 20.9 Å². The monoisotopic (exact) mass is 515 g/mol. The first-order valence-corrected chi connectivity index (χ1v) is 10.7. The first kappa shape index (κ1) is 25.5. The number of amides is 2. The van der Waals surface area contributed by atoms with Crippen molar-refractivity contribution in [2.24, 2.45) is 4.99 Å². The summed E-state index contributed by atoms with van der Waals surface area (Å²) in [7, 11) is 1.80. The van der Waals surface area contributed by atoms with Crippen LogP contribution in [0, 0.1) is 0 Å². The molecule has 1 aliphatic heterocycles. The minimum absolute atomic E-state index is 0. The van der Waals surface area contributed by atoms with Crippen LogP contribution >= 0.6 is 24.0 Å². The summed E-state index contributed by atoms with van der Waals surface area (Å²) >= 11 is 0. The molecular formula is C22H38IN5O.